The van der Waals surface area contributed by atoms with Crippen LogP contribution in [-0.2, 0) is 0 Å². The number of primary amides is 1. The molecule has 3 N–H and O–H groups in total. The number of hydrogen-bond donors (Lipinski definition) is 2. The van der Waals surface area contributed by atoms with Crippen molar-refractivity contribution < 1.29 is 9.59 Å². The second-order valence-corrected chi connectivity index (χ2v) is 7.29. The molecule has 0 atom stereocenters. The topological polar surface area (TPSA) is 85.1 Å². The summed E-state index contributed by atoms with van der Waals surface area (Å²) >= 11 is 6.17. The number of rotatable bonds is 4. The van der Waals surface area contributed by atoms with E-state index in [1.165, 1.54) is 0 Å². The van der Waals surface area contributed by atoms with Gasteiger partial charge in [-0.15, -0.1) is 0 Å². The van der Waals surface area contributed by atoms with Crippen LogP contribution in [-0.4, -0.2) is 16.8 Å². The Hall–Kier alpha value is -3.70. The van der Waals surface area contributed by atoms with Crippen LogP contribution in [0.5, 0.6) is 0 Å². The van der Waals surface area contributed by atoms with Crippen molar-refractivity contribution >= 4 is 40.0 Å². The Kier molecular flexibility index (Phi) is 5.21. The van der Waals surface area contributed by atoms with Crippen LogP contribution in [0.4, 0.5) is 5.69 Å². The van der Waals surface area contributed by atoms with Gasteiger partial charge in [-0.05, 0) is 42.8 Å². The summed E-state index contributed by atoms with van der Waals surface area (Å²) in [5, 5.41) is 4.14. The molecule has 30 heavy (non-hydrogen) atoms. The minimum Gasteiger partial charge on any atom is -0.366 e. The molecule has 0 saturated carbocycles. The molecule has 148 valence electrons. The van der Waals surface area contributed by atoms with E-state index in [0.29, 0.717) is 33.0 Å². The van der Waals surface area contributed by atoms with Crippen LogP contribution >= 0.6 is 11.6 Å². The maximum absolute atomic E-state index is 13.4. The number of para-hydroxylation sites is 2. The third-order valence-electron chi connectivity index (χ3n) is 4.90. The third kappa shape index (κ3) is 3.63. The van der Waals surface area contributed by atoms with Crippen LogP contribution in [0.2, 0.25) is 5.02 Å². The van der Waals surface area contributed by atoms with E-state index in [-0.39, 0.29) is 11.5 Å². The van der Waals surface area contributed by atoms with E-state index < -0.39 is 5.91 Å². The molecule has 0 aliphatic rings. The normalized spacial score (nSPS) is 10.7. The number of fused-ring (bicyclic) bond motifs is 1. The van der Waals surface area contributed by atoms with Gasteiger partial charge in [0.2, 0.25) is 0 Å². The lowest BCUT2D eigenvalue weighted by atomic mass is 9.97. The van der Waals surface area contributed by atoms with Crippen molar-refractivity contribution in [2.75, 3.05) is 5.32 Å². The van der Waals surface area contributed by atoms with Crippen molar-refractivity contribution in [2.24, 2.45) is 5.73 Å². The predicted molar refractivity (Wildman–Crippen MR) is 120 cm³/mol. The van der Waals surface area contributed by atoms with Crippen LogP contribution in [0.1, 0.15) is 26.3 Å². The standard InChI is InChI=1S/C24H18ClN3O2/c1-14-21(24(30)28-20-12-5-3-10-18(20)23(26)29)17-9-2-4-11-19(17)27-22(14)15-7-6-8-16(25)13-15/h2-13H,1H3,(H2,26,29)(H,28,30). The monoisotopic (exact) mass is 415 g/mol. The lowest BCUT2D eigenvalue weighted by Gasteiger charge is -2.16. The van der Waals surface area contributed by atoms with Gasteiger partial charge in [0.25, 0.3) is 11.8 Å². The zero-order valence-electron chi connectivity index (χ0n) is 16.1. The van der Waals surface area contributed by atoms with Crippen molar-refractivity contribution in [3.05, 3.63) is 94.5 Å². The highest BCUT2D eigenvalue weighted by Gasteiger charge is 2.20. The van der Waals surface area contributed by atoms with Gasteiger partial charge in [-0.1, -0.05) is 54.1 Å². The van der Waals surface area contributed by atoms with Crippen molar-refractivity contribution in [3.8, 4) is 11.3 Å². The first kappa shape index (κ1) is 19.6. The van der Waals surface area contributed by atoms with Crippen molar-refractivity contribution in [3.63, 3.8) is 0 Å². The summed E-state index contributed by atoms with van der Waals surface area (Å²) in [6.07, 6.45) is 0. The Bertz CT molecular complexity index is 1300. The minimum absolute atomic E-state index is 0.247. The maximum atomic E-state index is 13.4. The summed E-state index contributed by atoms with van der Waals surface area (Å²) in [4.78, 5) is 29.9. The Labute approximate surface area is 178 Å². The fraction of sp³-hybridized carbons (Fsp3) is 0.0417. The molecule has 0 fully saturated rings. The first-order valence-electron chi connectivity index (χ1n) is 9.31. The third-order valence-corrected chi connectivity index (χ3v) is 5.14. The molecular weight excluding hydrogens is 398 g/mol. The van der Waals surface area contributed by atoms with Gasteiger partial charge in [-0.2, -0.15) is 0 Å². The number of anilines is 1. The summed E-state index contributed by atoms with van der Waals surface area (Å²) in [6, 6.07) is 21.4. The predicted octanol–water partition coefficient (Wildman–Crippen LogP) is 5.21. The van der Waals surface area contributed by atoms with E-state index in [2.05, 4.69) is 5.32 Å². The number of carbonyl (C=O) groups is 2. The number of nitrogens with one attached hydrogen (secondary N) is 1. The number of aromatic nitrogens is 1. The summed E-state index contributed by atoms with van der Waals surface area (Å²) in [5.41, 5.74) is 9.43. The van der Waals surface area contributed by atoms with Gasteiger partial charge in [0.15, 0.2) is 0 Å². The SMILES string of the molecule is Cc1c(-c2cccc(Cl)c2)nc2ccccc2c1C(=O)Nc1ccccc1C(N)=O. The van der Waals surface area contributed by atoms with Crippen LogP contribution in [0, 0.1) is 6.92 Å². The highest BCUT2D eigenvalue weighted by atomic mass is 35.5. The van der Waals surface area contributed by atoms with Gasteiger partial charge in [0.05, 0.1) is 28.0 Å². The number of halogens is 1. The average Bonchev–Trinajstić information content (AvgIpc) is 2.73. The Morgan fingerprint density at radius 3 is 2.47 bits per heavy atom. The van der Waals surface area contributed by atoms with Gasteiger partial charge in [-0.25, -0.2) is 4.98 Å². The van der Waals surface area contributed by atoms with Gasteiger partial charge in [0, 0.05) is 16.0 Å². The maximum Gasteiger partial charge on any atom is 0.256 e. The molecular formula is C24H18ClN3O2. The van der Waals surface area contributed by atoms with Crippen LogP contribution in [0.15, 0.2) is 72.8 Å². The highest BCUT2D eigenvalue weighted by molar-refractivity contribution is 6.30. The molecule has 0 saturated heterocycles. The van der Waals surface area contributed by atoms with Gasteiger partial charge < -0.3 is 11.1 Å². The Balaban J connectivity index is 1.89. The number of pyridine rings is 1. The lowest BCUT2D eigenvalue weighted by Crippen LogP contribution is -2.19. The number of nitrogens with two attached hydrogens (primary N) is 1. The summed E-state index contributed by atoms with van der Waals surface area (Å²) < 4.78 is 0. The Morgan fingerprint density at radius 2 is 1.70 bits per heavy atom. The molecule has 0 aliphatic heterocycles. The molecule has 0 aliphatic carbocycles. The number of amides is 2. The fourth-order valence-corrected chi connectivity index (χ4v) is 3.70. The Morgan fingerprint density at radius 1 is 0.967 bits per heavy atom. The molecule has 5 nitrogen and oxygen atoms in total. The van der Waals surface area contributed by atoms with Crippen LogP contribution < -0.4 is 11.1 Å². The molecule has 3 aromatic carbocycles. The molecule has 0 radical (unpaired) electrons. The number of carbonyl (C=O) groups excluding carboxylic acids is 2. The fourth-order valence-electron chi connectivity index (χ4n) is 3.51. The minimum atomic E-state index is -0.609. The molecule has 6 heteroatoms. The van der Waals surface area contributed by atoms with Crippen molar-refractivity contribution in [1.29, 1.82) is 0 Å². The molecule has 1 heterocycles. The summed E-state index contributed by atoms with van der Waals surface area (Å²) in [6.45, 7) is 1.85. The van der Waals surface area contributed by atoms with E-state index >= 15 is 0 Å². The first-order chi connectivity index (χ1) is 14.5. The molecule has 4 aromatic rings. The summed E-state index contributed by atoms with van der Waals surface area (Å²) in [7, 11) is 0. The van der Waals surface area contributed by atoms with E-state index in [9.17, 15) is 9.59 Å². The van der Waals surface area contributed by atoms with E-state index in [4.69, 9.17) is 22.3 Å². The smallest absolute Gasteiger partial charge is 0.256 e. The van der Waals surface area contributed by atoms with Gasteiger partial charge in [-0.3, -0.25) is 9.59 Å². The number of nitrogens with zero attached hydrogens (tertiary/aromatic N) is 1. The molecule has 4 rings (SSSR count). The average molecular weight is 416 g/mol. The molecule has 0 spiro atoms. The second-order valence-electron chi connectivity index (χ2n) is 6.85. The van der Waals surface area contributed by atoms with E-state index in [1.807, 2.05) is 49.4 Å². The molecule has 0 bridgehead atoms. The summed E-state index contributed by atoms with van der Waals surface area (Å²) in [5.74, 6) is -0.954. The molecule has 0 unspecified atom stereocenters. The molecule has 2 amide bonds. The lowest BCUT2D eigenvalue weighted by molar-refractivity contribution is 0.100. The van der Waals surface area contributed by atoms with Crippen LogP contribution in [0.25, 0.3) is 22.2 Å². The van der Waals surface area contributed by atoms with Gasteiger partial charge in [0.1, 0.15) is 0 Å². The largest absolute Gasteiger partial charge is 0.366 e. The number of benzene rings is 3. The van der Waals surface area contributed by atoms with Crippen molar-refractivity contribution in [2.45, 2.75) is 6.92 Å². The van der Waals surface area contributed by atoms with Gasteiger partial charge >= 0.3 is 0 Å². The number of hydrogen-bond acceptors (Lipinski definition) is 3. The zero-order chi connectivity index (χ0) is 21.3. The van der Waals surface area contributed by atoms with Crippen LogP contribution in [0.3, 0.4) is 0 Å². The quantitative estimate of drug-likeness (QED) is 0.479. The van der Waals surface area contributed by atoms with E-state index in [0.717, 1.165) is 10.9 Å². The first-order valence-corrected chi connectivity index (χ1v) is 9.69. The van der Waals surface area contributed by atoms with E-state index in [1.54, 1.807) is 30.3 Å². The second kappa shape index (κ2) is 7.97. The van der Waals surface area contributed by atoms with Crippen molar-refractivity contribution in [1.82, 2.24) is 4.98 Å². The zero-order valence-corrected chi connectivity index (χ0v) is 16.9. The molecule has 1 aromatic heterocycles. The highest BCUT2D eigenvalue weighted by Crippen LogP contribution is 2.31.